The SMILES string of the molecule is Cc1cnccc1CNc1ccc(I)cc1[N+](=O)[O-]. The van der Waals surface area contributed by atoms with Crippen molar-refractivity contribution in [2.75, 3.05) is 5.32 Å². The molecule has 0 bridgehead atoms. The van der Waals surface area contributed by atoms with Crippen molar-refractivity contribution in [3.05, 3.63) is 61.5 Å². The highest BCUT2D eigenvalue weighted by Gasteiger charge is 2.13. The average molecular weight is 369 g/mol. The molecule has 1 heterocycles. The lowest BCUT2D eigenvalue weighted by atomic mass is 10.1. The van der Waals surface area contributed by atoms with E-state index in [1.807, 2.05) is 19.1 Å². The summed E-state index contributed by atoms with van der Waals surface area (Å²) in [5, 5.41) is 14.1. The Bertz CT molecular complexity index is 617. The van der Waals surface area contributed by atoms with Crippen molar-refractivity contribution >= 4 is 34.0 Å². The molecular formula is C13H12IN3O2. The number of nitro groups is 1. The minimum atomic E-state index is -0.371. The smallest absolute Gasteiger partial charge is 0.293 e. The second-order valence-electron chi connectivity index (χ2n) is 4.07. The first kappa shape index (κ1) is 13.7. The highest BCUT2D eigenvalue weighted by atomic mass is 127. The Labute approximate surface area is 124 Å². The number of benzene rings is 1. The van der Waals surface area contributed by atoms with Crippen LogP contribution in [0.5, 0.6) is 0 Å². The van der Waals surface area contributed by atoms with Gasteiger partial charge in [0.2, 0.25) is 0 Å². The van der Waals surface area contributed by atoms with E-state index in [0.29, 0.717) is 12.2 Å². The summed E-state index contributed by atoms with van der Waals surface area (Å²) in [5.41, 5.74) is 2.76. The highest BCUT2D eigenvalue weighted by molar-refractivity contribution is 14.1. The molecule has 5 nitrogen and oxygen atoms in total. The fourth-order valence-corrected chi connectivity index (χ4v) is 2.17. The van der Waals surface area contributed by atoms with Crippen molar-refractivity contribution < 1.29 is 4.92 Å². The van der Waals surface area contributed by atoms with E-state index in [-0.39, 0.29) is 10.6 Å². The van der Waals surface area contributed by atoms with Crippen molar-refractivity contribution in [2.45, 2.75) is 13.5 Å². The number of hydrogen-bond acceptors (Lipinski definition) is 4. The van der Waals surface area contributed by atoms with Gasteiger partial charge in [0.15, 0.2) is 0 Å². The number of nitrogens with zero attached hydrogens (tertiary/aromatic N) is 2. The molecule has 2 aromatic rings. The Balaban J connectivity index is 2.20. The fraction of sp³-hybridized carbons (Fsp3) is 0.154. The third-order valence-electron chi connectivity index (χ3n) is 2.76. The molecule has 0 saturated carbocycles. The molecule has 0 fully saturated rings. The van der Waals surface area contributed by atoms with E-state index in [1.165, 1.54) is 0 Å². The van der Waals surface area contributed by atoms with Gasteiger partial charge in [-0.15, -0.1) is 0 Å². The van der Waals surface area contributed by atoms with E-state index < -0.39 is 0 Å². The Kier molecular flexibility index (Phi) is 4.31. The van der Waals surface area contributed by atoms with E-state index in [4.69, 9.17) is 0 Å². The summed E-state index contributed by atoms with van der Waals surface area (Å²) < 4.78 is 0.843. The zero-order valence-electron chi connectivity index (χ0n) is 10.3. The summed E-state index contributed by atoms with van der Waals surface area (Å²) in [6.45, 7) is 2.50. The Morgan fingerprint density at radius 1 is 1.42 bits per heavy atom. The maximum Gasteiger partial charge on any atom is 0.293 e. The molecule has 1 N–H and O–H groups in total. The van der Waals surface area contributed by atoms with Gasteiger partial charge in [-0.05, 0) is 58.8 Å². The van der Waals surface area contributed by atoms with Crippen LogP contribution in [-0.2, 0) is 6.54 Å². The van der Waals surface area contributed by atoms with Gasteiger partial charge in [0.25, 0.3) is 5.69 Å². The molecule has 0 aliphatic rings. The largest absolute Gasteiger partial charge is 0.375 e. The topological polar surface area (TPSA) is 68.1 Å². The van der Waals surface area contributed by atoms with Gasteiger partial charge in [-0.25, -0.2) is 0 Å². The van der Waals surface area contributed by atoms with E-state index >= 15 is 0 Å². The highest BCUT2D eigenvalue weighted by Crippen LogP contribution is 2.26. The van der Waals surface area contributed by atoms with Crippen LogP contribution in [0.15, 0.2) is 36.7 Å². The second kappa shape index (κ2) is 5.96. The average Bonchev–Trinajstić information content (AvgIpc) is 2.38. The zero-order chi connectivity index (χ0) is 13.8. The molecule has 0 aliphatic heterocycles. The second-order valence-corrected chi connectivity index (χ2v) is 5.32. The van der Waals surface area contributed by atoms with Crippen LogP contribution in [0.4, 0.5) is 11.4 Å². The molecule has 6 heteroatoms. The molecule has 1 aromatic carbocycles. The van der Waals surface area contributed by atoms with Gasteiger partial charge < -0.3 is 5.32 Å². The first-order valence-corrected chi connectivity index (χ1v) is 6.73. The molecule has 0 atom stereocenters. The van der Waals surface area contributed by atoms with Crippen LogP contribution in [0.2, 0.25) is 0 Å². The number of pyridine rings is 1. The molecule has 0 spiro atoms. The fourth-order valence-electron chi connectivity index (χ4n) is 1.70. The lowest BCUT2D eigenvalue weighted by Gasteiger charge is -2.09. The number of hydrogen-bond donors (Lipinski definition) is 1. The Morgan fingerprint density at radius 3 is 2.89 bits per heavy atom. The molecule has 19 heavy (non-hydrogen) atoms. The number of nitro benzene ring substituents is 1. The first-order chi connectivity index (χ1) is 9.08. The standard InChI is InChI=1S/C13H12IN3O2/c1-9-7-15-5-4-10(9)8-16-12-3-2-11(14)6-13(12)17(18)19/h2-7,16H,8H2,1H3. The van der Waals surface area contributed by atoms with Crippen LogP contribution in [0.25, 0.3) is 0 Å². The number of aromatic nitrogens is 1. The number of anilines is 1. The Hall–Kier alpha value is -1.70. The van der Waals surface area contributed by atoms with Crippen LogP contribution in [0.1, 0.15) is 11.1 Å². The minimum absolute atomic E-state index is 0.0959. The number of halogens is 1. The van der Waals surface area contributed by atoms with E-state index in [1.54, 1.807) is 24.5 Å². The van der Waals surface area contributed by atoms with Gasteiger partial charge in [-0.3, -0.25) is 15.1 Å². The maximum absolute atomic E-state index is 11.0. The van der Waals surface area contributed by atoms with Gasteiger partial charge >= 0.3 is 0 Å². The van der Waals surface area contributed by atoms with E-state index in [2.05, 4.69) is 32.9 Å². The summed E-state index contributed by atoms with van der Waals surface area (Å²) in [7, 11) is 0. The van der Waals surface area contributed by atoms with Crippen molar-refractivity contribution in [1.29, 1.82) is 0 Å². The molecular weight excluding hydrogens is 357 g/mol. The number of rotatable bonds is 4. The Morgan fingerprint density at radius 2 is 2.21 bits per heavy atom. The normalized spacial score (nSPS) is 10.2. The summed E-state index contributed by atoms with van der Waals surface area (Å²) in [6, 6.07) is 7.04. The van der Waals surface area contributed by atoms with Crippen molar-refractivity contribution in [3.63, 3.8) is 0 Å². The third-order valence-corrected chi connectivity index (χ3v) is 3.43. The summed E-state index contributed by atoms with van der Waals surface area (Å²) in [4.78, 5) is 14.7. The molecule has 0 unspecified atom stereocenters. The molecule has 0 saturated heterocycles. The summed E-state index contributed by atoms with van der Waals surface area (Å²) in [6.07, 6.45) is 3.49. The predicted molar refractivity (Wildman–Crippen MR) is 82.1 cm³/mol. The van der Waals surface area contributed by atoms with E-state index in [0.717, 1.165) is 14.7 Å². The van der Waals surface area contributed by atoms with Crippen LogP contribution >= 0.6 is 22.6 Å². The van der Waals surface area contributed by atoms with Crippen LogP contribution in [0.3, 0.4) is 0 Å². The van der Waals surface area contributed by atoms with Gasteiger partial charge in [0, 0.05) is 28.6 Å². The molecule has 0 amide bonds. The van der Waals surface area contributed by atoms with Crippen molar-refractivity contribution in [2.24, 2.45) is 0 Å². The monoisotopic (exact) mass is 369 g/mol. The molecule has 98 valence electrons. The number of aryl methyl sites for hydroxylation is 1. The lowest BCUT2D eigenvalue weighted by molar-refractivity contribution is -0.384. The molecule has 0 aliphatic carbocycles. The molecule has 1 aromatic heterocycles. The summed E-state index contributed by atoms with van der Waals surface area (Å²) in [5.74, 6) is 0. The van der Waals surface area contributed by atoms with Gasteiger partial charge in [0.1, 0.15) is 5.69 Å². The maximum atomic E-state index is 11.0. The third kappa shape index (κ3) is 3.40. The molecule has 0 radical (unpaired) electrons. The minimum Gasteiger partial charge on any atom is -0.375 e. The quantitative estimate of drug-likeness (QED) is 0.509. The first-order valence-electron chi connectivity index (χ1n) is 5.65. The van der Waals surface area contributed by atoms with Crippen LogP contribution in [0, 0.1) is 20.6 Å². The zero-order valence-corrected chi connectivity index (χ0v) is 12.4. The van der Waals surface area contributed by atoms with Crippen molar-refractivity contribution in [3.8, 4) is 0 Å². The van der Waals surface area contributed by atoms with Crippen molar-refractivity contribution in [1.82, 2.24) is 4.98 Å². The van der Waals surface area contributed by atoms with Gasteiger partial charge in [-0.1, -0.05) is 0 Å². The molecule has 2 rings (SSSR count). The number of nitrogens with one attached hydrogen (secondary N) is 1. The van der Waals surface area contributed by atoms with Crippen LogP contribution in [-0.4, -0.2) is 9.91 Å². The predicted octanol–water partition coefficient (Wildman–Crippen LogP) is 3.51. The van der Waals surface area contributed by atoms with Gasteiger partial charge in [0.05, 0.1) is 4.92 Å². The lowest BCUT2D eigenvalue weighted by Crippen LogP contribution is -2.04. The van der Waals surface area contributed by atoms with Crippen LogP contribution < -0.4 is 5.32 Å². The van der Waals surface area contributed by atoms with E-state index in [9.17, 15) is 10.1 Å². The van der Waals surface area contributed by atoms with Gasteiger partial charge in [-0.2, -0.15) is 0 Å². The summed E-state index contributed by atoms with van der Waals surface area (Å²) >= 11 is 2.06.